The molecule has 2 aromatic carbocycles. The third kappa shape index (κ3) is 3.04. The average molecular weight is 302 g/mol. The van der Waals surface area contributed by atoms with E-state index in [1.165, 1.54) is 20.5 Å². The summed E-state index contributed by atoms with van der Waals surface area (Å²) in [4.78, 5) is 1.22. The Bertz CT molecular complexity index is 691. The molecule has 1 nitrogen and oxygen atoms in total. The van der Waals surface area contributed by atoms with Crippen molar-refractivity contribution in [3.8, 4) is 0 Å². The Kier molecular flexibility index (Phi) is 4.36. The SMILES string of the molecule is Clc1c(CNCCc2ccccc2)sc2ccccc12. The van der Waals surface area contributed by atoms with Crippen LogP contribution >= 0.6 is 22.9 Å². The van der Waals surface area contributed by atoms with E-state index in [-0.39, 0.29) is 0 Å². The van der Waals surface area contributed by atoms with Crippen LogP contribution in [0.3, 0.4) is 0 Å². The van der Waals surface area contributed by atoms with Gasteiger partial charge in [-0.3, -0.25) is 0 Å². The second kappa shape index (κ2) is 6.40. The maximum absolute atomic E-state index is 6.42. The molecule has 0 spiro atoms. The zero-order chi connectivity index (χ0) is 13.8. The molecular formula is C17H16ClNS. The number of halogens is 1. The Labute approximate surface area is 128 Å². The first-order valence-corrected chi connectivity index (χ1v) is 7.94. The Balaban J connectivity index is 1.59. The van der Waals surface area contributed by atoms with Gasteiger partial charge in [-0.15, -0.1) is 11.3 Å². The first-order valence-electron chi connectivity index (χ1n) is 6.75. The van der Waals surface area contributed by atoms with Crippen LogP contribution in [0.1, 0.15) is 10.4 Å². The molecule has 0 saturated heterocycles. The lowest BCUT2D eigenvalue weighted by atomic mass is 10.1. The third-order valence-corrected chi connectivity index (χ3v) is 5.03. The van der Waals surface area contributed by atoms with Crippen molar-refractivity contribution in [2.75, 3.05) is 6.54 Å². The molecule has 0 radical (unpaired) electrons. The van der Waals surface area contributed by atoms with Crippen LogP contribution in [0.5, 0.6) is 0 Å². The molecule has 0 unspecified atom stereocenters. The molecule has 0 saturated carbocycles. The Hall–Kier alpha value is -1.35. The van der Waals surface area contributed by atoms with Gasteiger partial charge < -0.3 is 5.32 Å². The summed E-state index contributed by atoms with van der Waals surface area (Å²) in [6, 6.07) is 18.8. The molecular weight excluding hydrogens is 286 g/mol. The fraction of sp³-hybridized carbons (Fsp3) is 0.176. The van der Waals surface area contributed by atoms with Crippen molar-refractivity contribution < 1.29 is 0 Å². The van der Waals surface area contributed by atoms with Gasteiger partial charge in [0.15, 0.2) is 0 Å². The van der Waals surface area contributed by atoms with Gasteiger partial charge in [-0.2, -0.15) is 0 Å². The largest absolute Gasteiger partial charge is 0.311 e. The second-order valence-corrected chi connectivity index (χ2v) is 6.26. The molecule has 3 aromatic rings. The summed E-state index contributed by atoms with van der Waals surface area (Å²) in [6.07, 6.45) is 1.04. The van der Waals surface area contributed by atoms with Crippen molar-refractivity contribution in [1.82, 2.24) is 5.32 Å². The quantitative estimate of drug-likeness (QED) is 0.662. The lowest BCUT2D eigenvalue weighted by molar-refractivity contribution is 0.694. The summed E-state index contributed by atoms with van der Waals surface area (Å²) in [6.45, 7) is 1.81. The monoisotopic (exact) mass is 301 g/mol. The van der Waals surface area contributed by atoms with Crippen molar-refractivity contribution in [2.24, 2.45) is 0 Å². The number of fused-ring (bicyclic) bond motifs is 1. The van der Waals surface area contributed by atoms with E-state index >= 15 is 0 Å². The molecule has 0 atom stereocenters. The fourth-order valence-corrected chi connectivity index (χ4v) is 3.73. The number of hydrogen-bond acceptors (Lipinski definition) is 2. The minimum Gasteiger partial charge on any atom is -0.311 e. The molecule has 0 aliphatic rings. The number of hydrogen-bond donors (Lipinski definition) is 1. The van der Waals surface area contributed by atoms with E-state index in [2.05, 4.69) is 47.8 Å². The van der Waals surface area contributed by atoms with Crippen LogP contribution in [0.4, 0.5) is 0 Å². The first kappa shape index (κ1) is 13.6. The molecule has 102 valence electrons. The van der Waals surface area contributed by atoms with Gasteiger partial charge in [-0.05, 0) is 24.6 Å². The lowest BCUT2D eigenvalue weighted by Gasteiger charge is -2.04. The van der Waals surface area contributed by atoms with Crippen LogP contribution in [0.15, 0.2) is 54.6 Å². The summed E-state index contributed by atoms with van der Waals surface area (Å²) in [7, 11) is 0. The van der Waals surface area contributed by atoms with Crippen LogP contribution in [0.25, 0.3) is 10.1 Å². The highest BCUT2D eigenvalue weighted by atomic mass is 35.5. The molecule has 1 heterocycles. The highest BCUT2D eigenvalue weighted by Gasteiger charge is 2.08. The molecule has 20 heavy (non-hydrogen) atoms. The first-order chi connectivity index (χ1) is 9.84. The van der Waals surface area contributed by atoms with Gasteiger partial charge in [-0.1, -0.05) is 60.1 Å². The zero-order valence-corrected chi connectivity index (χ0v) is 12.7. The fourth-order valence-electron chi connectivity index (χ4n) is 2.26. The molecule has 1 N–H and O–H groups in total. The smallest absolute Gasteiger partial charge is 0.0636 e. The van der Waals surface area contributed by atoms with Crippen molar-refractivity contribution in [1.29, 1.82) is 0 Å². The number of thiophene rings is 1. The van der Waals surface area contributed by atoms with E-state index in [1.54, 1.807) is 11.3 Å². The average Bonchev–Trinajstić information content (AvgIpc) is 2.82. The van der Waals surface area contributed by atoms with Crippen molar-refractivity contribution in [3.63, 3.8) is 0 Å². The van der Waals surface area contributed by atoms with Gasteiger partial charge in [0, 0.05) is 21.5 Å². The van der Waals surface area contributed by atoms with Gasteiger partial charge in [0.2, 0.25) is 0 Å². The van der Waals surface area contributed by atoms with E-state index < -0.39 is 0 Å². The molecule has 0 aliphatic heterocycles. The topological polar surface area (TPSA) is 12.0 Å². The third-order valence-electron chi connectivity index (χ3n) is 3.32. The molecule has 0 fully saturated rings. The van der Waals surface area contributed by atoms with Gasteiger partial charge in [0.1, 0.15) is 0 Å². The Morgan fingerprint density at radius 1 is 0.950 bits per heavy atom. The molecule has 0 bridgehead atoms. The van der Waals surface area contributed by atoms with E-state index in [0.717, 1.165) is 24.5 Å². The van der Waals surface area contributed by atoms with Crippen LogP contribution < -0.4 is 5.32 Å². The maximum Gasteiger partial charge on any atom is 0.0636 e. The standard InChI is InChI=1S/C17H16ClNS/c18-17-14-8-4-5-9-15(14)20-16(17)12-19-11-10-13-6-2-1-3-7-13/h1-9,19H,10-12H2. The van der Waals surface area contributed by atoms with Crippen LogP contribution in [0, 0.1) is 0 Å². The predicted octanol–water partition coefficient (Wildman–Crippen LogP) is 4.89. The van der Waals surface area contributed by atoms with Crippen LogP contribution in [-0.4, -0.2) is 6.54 Å². The number of benzene rings is 2. The normalized spacial score (nSPS) is 11.1. The van der Waals surface area contributed by atoms with Crippen molar-refractivity contribution >= 4 is 33.0 Å². The highest BCUT2D eigenvalue weighted by molar-refractivity contribution is 7.19. The summed E-state index contributed by atoms with van der Waals surface area (Å²) < 4.78 is 1.26. The Morgan fingerprint density at radius 3 is 2.50 bits per heavy atom. The van der Waals surface area contributed by atoms with Crippen molar-refractivity contribution in [2.45, 2.75) is 13.0 Å². The second-order valence-electron chi connectivity index (χ2n) is 4.75. The van der Waals surface area contributed by atoms with Crippen LogP contribution in [0.2, 0.25) is 5.02 Å². The van der Waals surface area contributed by atoms with Crippen LogP contribution in [-0.2, 0) is 13.0 Å². The maximum atomic E-state index is 6.42. The lowest BCUT2D eigenvalue weighted by Crippen LogP contribution is -2.16. The summed E-state index contributed by atoms with van der Waals surface area (Å²) >= 11 is 8.20. The summed E-state index contributed by atoms with van der Waals surface area (Å²) in [5.74, 6) is 0. The van der Waals surface area contributed by atoms with E-state index in [1.807, 2.05) is 12.1 Å². The minimum absolute atomic E-state index is 0.838. The summed E-state index contributed by atoms with van der Waals surface area (Å²) in [5, 5.41) is 5.54. The molecule has 0 aliphatic carbocycles. The number of rotatable bonds is 5. The van der Waals surface area contributed by atoms with Gasteiger partial charge >= 0.3 is 0 Å². The van der Waals surface area contributed by atoms with E-state index in [9.17, 15) is 0 Å². The Morgan fingerprint density at radius 2 is 1.70 bits per heavy atom. The van der Waals surface area contributed by atoms with E-state index in [4.69, 9.17) is 11.6 Å². The zero-order valence-electron chi connectivity index (χ0n) is 11.1. The minimum atomic E-state index is 0.838. The predicted molar refractivity (Wildman–Crippen MR) is 88.7 cm³/mol. The molecule has 3 heteroatoms. The van der Waals surface area contributed by atoms with Gasteiger partial charge in [-0.25, -0.2) is 0 Å². The highest BCUT2D eigenvalue weighted by Crippen LogP contribution is 2.34. The molecule has 0 amide bonds. The summed E-state index contributed by atoms with van der Waals surface area (Å²) in [5.41, 5.74) is 1.36. The molecule has 1 aromatic heterocycles. The van der Waals surface area contributed by atoms with Gasteiger partial charge in [0.25, 0.3) is 0 Å². The van der Waals surface area contributed by atoms with Crippen molar-refractivity contribution in [3.05, 3.63) is 70.1 Å². The van der Waals surface area contributed by atoms with Gasteiger partial charge in [0.05, 0.1) is 5.02 Å². The number of nitrogens with one attached hydrogen (secondary N) is 1. The molecule has 3 rings (SSSR count). The van der Waals surface area contributed by atoms with E-state index in [0.29, 0.717) is 0 Å².